The zero-order valence-corrected chi connectivity index (χ0v) is 12.0. The van der Waals surface area contributed by atoms with E-state index < -0.39 is 0 Å². The molecule has 2 fully saturated rings. The van der Waals surface area contributed by atoms with Gasteiger partial charge in [0.1, 0.15) is 0 Å². The Bertz CT molecular complexity index is 532. The van der Waals surface area contributed by atoms with Crippen LogP contribution in [-0.4, -0.2) is 30.6 Å². The standard InChI is InChI=1S/C15H21N3O2/c1-3-15-14-8-16-7-11(14)9-17(15)12-4-10(2)5-13(6-12)18(19)20/h4-6,11,14-16H,3,7-9H2,1-2H3. The Labute approximate surface area is 119 Å². The molecule has 2 aliphatic rings. The summed E-state index contributed by atoms with van der Waals surface area (Å²) in [4.78, 5) is 13.1. The van der Waals surface area contributed by atoms with Crippen molar-refractivity contribution in [2.24, 2.45) is 11.8 Å². The molecule has 0 amide bonds. The molecule has 0 aromatic heterocycles. The lowest BCUT2D eigenvalue weighted by molar-refractivity contribution is -0.384. The SMILES string of the molecule is CCC1C2CNCC2CN1c1cc(C)cc([N+](=O)[O-])c1. The van der Waals surface area contributed by atoms with Crippen molar-refractivity contribution in [2.45, 2.75) is 26.3 Å². The lowest BCUT2D eigenvalue weighted by Gasteiger charge is -2.29. The molecule has 0 spiro atoms. The van der Waals surface area contributed by atoms with E-state index in [2.05, 4.69) is 23.2 Å². The minimum atomic E-state index is -0.296. The molecule has 3 unspecified atom stereocenters. The van der Waals surface area contributed by atoms with Crippen LogP contribution >= 0.6 is 0 Å². The number of hydrogen-bond donors (Lipinski definition) is 1. The lowest BCUT2D eigenvalue weighted by atomic mass is 9.93. The number of benzene rings is 1. The fraction of sp³-hybridized carbons (Fsp3) is 0.600. The molecular formula is C15H21N3O2. The summed E-state index contributed by atoms with van der Waals surface area (Å²) < 4.78 is 0. The van der Waals surface area contributed by atoms with Gasteiger partial charge in [-0.2, -0.15) is 0 Å². The Balaban J connectivity index is 1.94. The summed E-state index contributed by atoms with van der Waals surface area (Å²) in [6, 6.07) is 5.94. The molecule has 0 aliphatic carbocycles. The highest BCUT2D eigenvalue weighted by Crippen LogP contribution is 2.38. The zero-order chi connectivity index (χ0) is 14.3. The zero-order valence-electron chi connectivity index (χ0n) is 12.0. The van der Waals surface area contributed by atoms with Crippen LogP contribution < -0.4 is 10.2 Å². The lowest BCUT2D eigenvalue weighted by Crippen LogP contribution is -2.35. The Morgan fingerprint density at radius 3 is 2.90 bits per heavy atom. The first-order valence-electron chi connectivity index (χ1n) is 7.33. The number of nitro groups is 1. The van der Waals surface area contributed by atoms with E-state index in [1.807, 2.05) is 6.92 Å². The number of nitrogens with zero attached hydrogens (tertiary/aromatic N) is 2. The van der Waals surface area contributed by atoms with Gasteiger partial charge in [0.2, 0.25) is 0 Å². The van der Waals surface area contributed by atoms with Gasteiger partial charge < -0.3 is 10.2 Å². The minimum absolute atomic E-state index is 0.199. The second kappa shape index (κ2) is 5.05. The van der Waals surface area contributed by atoms with Gasteiger partial charge in [0.15, 0.2) is 0 Å². The number of nitrogens with one attached hydrogen (secondary N) is 1. The first kappa shape index (κ1) is 13.4. The van der Waals surface area contributed by atoms with Gasteiger partial charge in [0.05, 0.1) is 4.92 Å². The van der Waals surface area contributed by atoms with Crippen LogP contribution in [0.1, 0.15) is 18.9 Å². The van der Waals surface area contributed by atoms with Gasteiger partial charge in [-0.15, -0.1) is 0 Å². The summed E-state index contributed by atoms with van der Waals surface area (Å²) in [7, 11) is 0. The van der Waals surface area contributed by atoms with Crippen molar-refractivity contribution in [3.63, 3.8) is 0 Å². The molecule has 3 atom stereocenters. The summed E-state index contributed by atoms with van der Waals surface area (Å²) in [5.74, 6) is 1.36. The van der Waals surface area contributed by atoms with Crippen LogP contribution in [-0.2, 0) is 0 Å². The average Bonchev–Trinajstić information content (AvgIpc) is 2.97. The Hall–Kier alpha value is -1.62. The van der Waals surface area contributed by atoms with Crippen molar-refractivity contribution in [3.8, 4) is 0 Å². The third-order valence-electron chi connectivity index (χ3n) is 4.73. The number of anilines is 1. The molecule has 2 aliphatic heterocycles. The van der Waals surface area contributed by atoms with Gasteiger partial charge in [-0.1, -0.05) is 6.92 Å². The molecule has 0 saturated carbocycles. The summed E-state index contributed by atoms with van der Waals surface area (Å²) in [6.45, 7) is 7.30. The third-order valence-corrected chi connectivity index (χ3v) is 4.73. The predicted octanol–water partition coefficient (Wildman–Crippen LogP) is 2.34. The summed E-state index contributed by atoms with van der Waals surface area (Å²) in [5.41, 5.74) is 2.17. The number of fused-ring (bicyclic) bond motifs is 1. The molecule has 1 aromatic rings. The topological polar surface area (TPSA) is 58.4 Å². The maximum absolute atomic E-state index is 11.0. The second-order valence-electron chi connectivity index (χ2n) is 5.99. The molecule has 20 heavy (non-hydrogen) atoms. The van der Waals surface area contributed by atoms with Crippen LogP contribution in [0.5, 0.6) is 0 Å². The summed E-state index contributed by atoms with van der Waals surface area (Å²) in [6.07, 6.45) is 1.09. The Kier molecular flexibility index (Phi) is 3.38. The Morgan fingerprint density at radius 1 is 1.40 bits per heavy atom. The molecule has 0 bridgehead atoms. The highest BCUT2D eigenvalue weighted by molar-refractivity contribution is 5.57. The average molecular weight is 275 g/mol. The maximum Gasteiger partial charge on any atom is 0.271 e. The van der Waals surface area contributed by atoms with E-state index in [4.69, 9.17) is 0 Å². The Morgan fingerprint density at radius 2 is 2.20 bits per heavy atom. The maximum atomic E-state index is 11.0. The van der Waals surface area contributed by atoms with Gasteiger partial charge in [0, 0.05) is 43.5 Å². The van der Waals surface area contributed by atoms with Gasteiger partial charge in [0.25, 0.3) is 5.69 Å². The van der Waals surface area contributed by atoms with Crippen LogP contribution in [0.15, 0.2) is 18.2 Å². The summed E-state index contributed by atoms with van der Waals surface area (Å²) in [5, 5.41) is 14.5. The van der Waals surface area contributed by atoms with E-state index in [1.165, 1.54) is 0 Å². The van der Waals surface area contributed by atoms with E-state index in [0.717, 1.165) is 37.3 Å². The predicted molar refractivity (Wildman–Crippen MR) is 79.1 cm³/mol. The van der Waals surface area contributed by atoms with Gasteiger partial charge in [-0.05, 0) is 36.8 Å². The fourth-order valence-electron chi connectivity index (χ4n) is 3.86. The number of nitro benzene ring substituents is 1. The quantitative estimate of drug-likeness (QED) is 0.679. The van der Waals surface area contributed by atoms with Crippen molar-refractivity contribution < 1.29 is 4.92 Å². The van der Waals surface area contributed by atoms with E-state index in [9.17, 15) is 10.1 Å². The fourth-order valence-corrected chi connectivity index (χ4v) is 3.86. The number of hydrogen-bond acceptors (Lipinski definition) is 4. The van der Waals surface area contributed by atoms with E-state index in [-0.39, 0.29) is 10.6 Å². The number of aryl methyl sites for hydroxylation is 1. The highest BCUT2D eigenvalue weighted by Gasteiger charge is 2.43. The van der Waals surface area contributed by atoms with E-state index >= 15 is 0 Å². The van der Waals surface area contributed by atoms with Crippen LogP contribution in [0.3, 0.4) is 0 Å². The van der Waals surface area contributed by atoms with Crippen molar-refractivity contribution in [3.05, 3.63) is 33.9 Å². The van der Waals surface area contributed by atoms with Gasteiger partial charge >= 0.3 is 0 Å². The van der Waals surface area contributed by atoms with Gasteiger partial charge in [-0.3, -0.25) is 10.1 Å². The molecule has 0 radical (unpaired) electrons. The molecule has 5 nitrogen and oxygen atoms in total. The van der Waals surface area contributed by atoms with Crippen LogP contribution in [0.25, 0.3) is 0 Å². The van der Waals surface area contributed by atoms with Crippen LogP contribution in [0, 0.1) is 28.9 Å². The highest BCUT2D eigenvalue weighted by atomic mass is 16.6. The normalized spacial score (nSPS) is 28.7. The molecule has 2 saturated heterocycles. The van der Waals surface area contributed by atoms with E-state index in [0.29, 0.717) is 17.9 Å². The largest absolute Gasteiger partial charge is 0.368 e. The molecule has 1 N–H and O–H groups in total. The van der Waals surface area contributed by atoms with Crippen molar-refractivity contribution in [1.82, 2.24) is 5.32 Å². The third kappa shape index (κ3) is 2.16. The monoisotopic (exact) mass is 275 g/mol. The van der Waals surface area contributed by atoms with Gasteiger partial charge in [-0.25, -0.2) is 0 Å². The molecule has 5 heteroatoms. The van der Waals surface area contributed by atoms with Crippen LogP contribution in [0.4, 0.5) is 11.4 Å². The molecule has 108 valence electrons. The number of non-ortho nitro benzene ring substituents is 1. The van der Waals surface area contributed by atoms with Crippen molar-refractivity contribution in [2.75, 3.05) is 24.5 Å². The minimum Gasteiger partial charge on any atom is -0.368 e. The molecular weight excluding hydrogens is 254 g/mol. The summed E-state index contributed by atoms with van der Waals surface area (Å²) >= 11 is 0. The van der Waals surface area contributed by atoms with Crippen molar-refractivity contribution >= 4 is 11.4 Å². The second-order valence-corrected chi connectivity index (χ2v) is 5.99. The molecule has 3 rings (SSSR count). The van der Waals surface area contributed by atoms with Crippen LogP contribution in [0.2, 0.25) is 0 Å². The van der Waals surface area contributed by atoms with Crippen molar-refractivity contribution in [1.29, 1.82) is 0 Å². The first-order chi connectivity index (χ1) is 9.60. The molecule has 1 aromatic carbocycles. The van der Waals surface area contributed by atoms with E-state index in [1.54, 1.807) is 12.1 Å². The first-order valence-corrected chi connectivity index (χ1v) is 7.33. The molecule has 2 heterocycles. The number of rotatable bonds is 3. The smallest absolute Gasteiger partial charge is 0.271 e.